The second kappa shape index (κ2) is 12.0. The van der Waals surface area contributed by atoms with Crippen LogP contribution in [0.15, 0.2) is 28.1 Å². The molecule has 7 nitrogen and oxygen atoms in total. The molecule has 0 aromatic heterocycles. The number of hydrogen-bond acceptors (Lipinski definition) is 5. The van der Waals surface area contributed by atoms with Crippen LogP contribution in [0.1, 0.15) is 43.2 Å². The molecule has 2 fully saturated rings. The van der Waals surface area contributed by atoms with Gasteiger partial charge < -0.3 is 15.5 Å². The third-order valence-electron chi connectivity index (χ3n) is 6.85. The van der Waals surface area contributed by atoms with E-state index in [1.807, 2.05) is 19.1 Å². The van der Waals surface area contributed by atoms with Gasteiger partial charge in [-0.2, -0.15) is 0 Å². The summed E-state index contributed by atoms with van der Waals surface area (Å²) in [6.45, 7) is 8.01. The van der Waals surface area contributed by atoms with Crippen LogP contribution in [0.5, 0.6) is 0 Å². The lowest BCUT2D eigenvalue weighted by Crippen LogP contribution is -2.62. The highest BCUT2D eigenvalue weighted by molar-refractivity contribution is 14.0. The molecule has 0 saturated carbocycles. The zero-order valence-corrected chi connectivity index (χ0v) is 23.1. The van der Waals surface area contributed by atoms with Crippen molar-refractivity contribution in [1.29, 1.82) is 0 Å². The van der Waals surface area contributed by atoms with E-state index in [-0.39, 0.29) is 29.5 Å². The standard InChI is InChI=1S/C23H39N5O2S.HI/c1-19-16-20(8-9-21(19)31(4,29)30)17-25-22(24-2)26-18-23(10-14-27(3)15-11-23)28-12-6-5-7-13-28;/h8-9,16H,5-7,10-15,17-18H2,1-4H3,(H2,24,25,26);1H. The van der Waals surface area contributed by atoms with Gasteiger partial charge in [0.25, 0.3) is 0 Å². The summed E-state index contributed by atoms with van der Waals surface area (Å²) < 4.78 is 23.7. The number of piperidine rings is 2. The molecule has 2 N–H and O–H groups in total. The predicted molar refractivity (Wildman–Crippen MR) is 143 cm³/mol. The molecule has 0 atom stereocenters. The van der Waals surface area contributed by atoms with Crippen molar-refractivity contribution in [2.24, 2.45) is 4.99 Å². The fraction of sp³-hybridized carbons (Fsp3) is 0.696. The van der Waals surface area contributed by atoms with E-state index in [4.69, 9.17) is 0 Å². The Kier molecular flexibility index (Phi) is 10.2. The highest BCUT2D eigenvalue weighted by Gasteiger charge is 2.39. The minimum atomic E-state index is -3.19. The highest BCUT2D eigenvalue weighted by Crippen LogP contribution is 2.30. The molecule has 0 bridgehead atoms. The summed E-state index contributed by atoms with van der Waals surface area (Å²) in [5, 5.41) is 7.00. The van der Waals surface area contributed by atoms with Gasteiger partial charge in [0.2, 0.25) is 0 Å². The molecule has 32 heavy (non-hydrogen) atoms. The summed E-state index contributed by atoms with van der Waals surface area (Å²) >= 11 is 0. The summed E-state index contributed by atoms with van der Waals surface area (Å²) in [4.78, 5) is 9.97. The smallest absolute Gasteiger partial charge is 0.191 e. The molecule has 1 aromatic carbocycles. The Morgan fingerprint density at radius 3 is 2.31 bits per heavy atom. The molecule has 0 aliphatic carbocycles. The fourth-order valence-electron chi connectivity index (χ4n) is 4.90. The summed E-state index contributed by atoms with van der Waals surface area (Å²) in [5.41, 5.74) is 2.01. The normalized spacial score (nSPS) is 20.4. The average molecular weight is 578 g/mol. The van der Waals surface area contributed by atoms with E-state index < -0.39 is 9.84 Å². The molecule has 0 radical (unpaired) electrons. The number of aryl methyl sites for hydroxylation is 1. The van der Waals surface area contributed by atoms with Crippen molar-refractivity contribution in [2.75, 3.05) is 53.1 Å². The van der Waals surface area contributed by atoms with Crippen molar-refractivity contribution >= 4 is 39.8 Å². The SMILES string of the molecule is CN=C(NCc1ccc(S(C)(=O)=O)c(C)c1)NCC1(N2CCCCC2)CCN(C)CC1.I. The van der Waals surface area contributed by atoms with Gasteiger partial charge >= 0.3 is 0 Å². The van der Waals surface area contributed by atoms with Gasteiger partial charge in [0.05, 0.1) is 4.90 Å². The van der Waals surface area contributed by atoms with Gasteiger partial charge in [-0.25, -0.2) is 8.42 Å². The Morgan fingerprint density at radius 2 is 1.75 bits per heavy atom. The molecule has 0 amide bonds. The number of guanidine groups is 1. The molecule has 0 spiro atoms. The third-order valence-corrected chi connectivity index (χ3v) is 8.11. The second-order valence-electron chi connectivity index (χ2n) is 9.23. The first-order valence-corrected chi connectivity index (χ1v) is 13.3. The van der Waals surface area contributed by atoms with E-state index in [0.717, 1.165) is 36.7 Å². The van der Waals surface area contributed by atoms with E-state index >= 15 is 0 Å². The van der Waals surface area contributed by atoms with Gasteiger partial charge in [0, 0.05) is 31.9 Å². The lowest BCUT2D eigenvalue weighted by atomic mass is 9.84. The number of halogens is 1. The van der Waals surface area contributed by atoms with Gasteiger partial charge in [-0.05, 0) is 83.0 Å². The summed E-state index contributed by atoms with van der Waals surface area (Å²) in [6, 6.07) is 5.50. The van der Waals surface area contributed by atoms with Crippen LogP contribution in [-0.2, 0) is 16.4 Å². The average Bonchev–Trinajstić information content (AvgIpc) is 2.75. The summed E-state index contributed by atoms with van der Waals surface area (Å²) in [7, 11) is 0.821. The largest absolute Gasteiger partial charge is 0.355 e. The molecular weight excluding hydrogens is 537 g/mol. The number of likely N-dealkylation sites (tertiary alicyclic amines) is 2. The van der Waals surface area contributed by atoms with E-state index in [1.165, 1.54) is 51.4 Å². The first-order chi connectivity index (χ1) is 14.7. The molecule has 3 rings (SSSR count). The number of aliphatic imine (C=N–C) groups is 1. The molecule has 182 valence electrons. The zero-order valence-electron chi connectivity index (χ0n) is 20.0. The molecule has 2 aliphatic heterocycles. The topological polar surface area (TPSA) is 77.0 Å². The Labute approximate surface area is 211 Å². The second-order valence-corrected chi connectivity index (χ2v) is 11.2. The maximum Gasteiger partial charge on any atom is 0.191 e. The lowest BCUT2D eigenvalue weighted by Gasteiger charge is -2.50. The molecule has 2 heterocycles. The van der Waals surface area contributed by atoms with Gasteiger partial charge in [-0.15, -0.1) is 24.0 Å². The quantitative estimate of drug-likeness (QED) is 0.308. The van der Waals surface area contributed by atoms with Crippen molar-refractivity contribution in [2.45, 2.75) is 56.0 Å². The maximum atomic E-state index is 11.8. The molecule has 0 unspecified atom stereocenters. The minimum Gasteiger partial charge on any atom is -0.355 e. The van der Waals surface area contributed by atoms with Crippen LogP contribution in [0.2, 0.25) is 0 Å². The number of benzene rings is 1. The Morgan fingerprint density at radius 1 is 1.09 bits per heavy atom. The number of nitrogens with one attached hydrogen (secondary N) is 2. The highest BCUT2D eigenvalue weighted by atomic mass is 127. The van der Waals surface area contributed by atoms with Gasteiger partial charge in [0.15, 0.2) is 15.8 Å². The number of hydrogen-bond donors (Lipinski definition) is 2. The van der Waals surface area contributed by atoms with Crippen LogP contribution in [0.25, 0.3) is 0 Å². The Hall–Kier alpha value is -0.910. The van der Waals surface area contributed by atoms with Crippen LogP contribution >= 0.6 is 24.0 Å². The zero-order chi connectivity index (χ0) is 22.5. The van der Waals surface area contributed by atoms with Crippen LogP contribution in [0.4, 0.5) is 0 Å². The third kappa shape index (κ3) is 7.04. The first kappa shape index (κ1) is 27.3. The molecular formula is C23H40IN5O2S. The van der Waals surface area contributed by atoms with E-state index in [1.54, 1.807) is 13.1 Å². The van der Waals surface area contributed by atoms with Gasteiger partial charge in [-0.3, -0.25) is 9.89 Å². The van der Waals surface area contributed by atoms with Gasteiger partial charge in [0.1, 0.15) is 0 Å². The summed E-state index contributed by atoms with van der Waals surface area (Å²) in [5.74, 6) is 0.792. The van der Waals surface area contributed by atoms with E-state index in [2.05, 4.69) is 32.5 Å². The van der Waals surface area contributed by atoms with Crippen molar-refractivity contribution in [1.82, 2.24) is 20.4 Å². The molecule has 9 heteroatoms. The van der Waals surface area contributed by atoms with Gasteiger partial charge in [-0.1, -0.05) is 18.6 Å². The van der Waals surface area contributed by atoms with Crippen LogP contribution in [-0.4, -0.2) is 82.8 Å². The predicted octanol–water partition coefficient (Wildman–Crippen LogP) is 2.63. The lowest BCUT2D eigenvalue weighted by molar-refractivity contribution is 0.0173. The monoisotopic (exact) mass is 577 g/mol. The van der Waals surface area contributed by atoms with E-state index in [9.17, 15) is 8.42 Å². The number of sulfone groups is 1. The first-order valence-electron chi connectivity index (χ1n) is 11.4. The van der Waals surface area contributed by atoms with Crippen LogP contribution < -0.4 is 10.6 Å². The summed E-state index contributed by atoms with van der Waals surface area (Å²) in [6.07, 6.45) is 7.56. The molecule has 2 saturated heterocycles. The Bertz CT molecular complexity index is 876. The van der Waals surface area contributed by atoms with Crippen LogP contribution in [0.3, 0.4) is 0 Å². The van der Waals surface area contributed by atoms with Crippen LogP contribution in [0, 0.1) is 6.92 Å². The number of nitrogens with zero attached hydrogens (tertiary/aromatic N) is 3. The van der Waals surface area contributed by atoms with Crippen molar-refractivity contribution in [3.05, 3.63) is 29.3 Å². The maximum absolute atomic E-state index is 11.8. The van der Waals surface area contributed by atoms with Crippen molar-refractivity contribution in [3.8, 4) is 0 Å². The van der Waals surface area contributed by atoms with Crippen molar-refractivity contribution < 1.29 is 8.42 Å². The fourth-order valence-corrected chi connectivity index (χ4v) is 5.86. The molecule has 1 aromatic rings. The minimum absolute atomic E-state index is 0. The Balaban J connectivity index is 0.00000363. The number of rotatable bonds is 6. The van der Waals surface area contributed by atoms with Crippen molar-refractivity contribution in [3.63, 3.8) is 0 Å². The van der Waals surface area contributed by atoms with E-state index in [0.29, 0.717) is 11.4 Å². The molecule has 2 aliphatic rings.